The lowest BCUT2D eigenvalue weighted by atomic mass is 9.73. The van der Waals surface area contributed by atoms with Crippen molar-refractivity contribution in [3.63, 3.8) is 0 Å². The van der Waals surface area contributed by atoms with Crippen molar-refractivity contribution in [3.05, 3.63) is 52.3 Å². The lowest BCUT2D eigenvalue weighted by Gasteiger charge is -2.38. The highest BCUT2D eigenvalue weighted by Crippen LogP contribution is 2.37. The number of nitrogens with one attached hydrogen (secondary N) is 2. The van der Waals surface area contributed by atoms with E-state index in [1.54, 1.807) is 13.1 Å². The van der Waals surface area contributed by atoms with Gasteiger partial charge in [0.1, 0.15) is 0 Å². The minimum Gasteiger partial charge on any atom is -0.381 e. The van der Waals surface area contributed by atoms with E-state index in [-0.39, 0.29) is 24.0 Å². The van der Waals surface area contributed by atoms with Crippen molar-refractivity contribution in [1.29, 1.82) is 0 Å². The molecule has 0 unspecified atom stereocenters. The van der Waals surface area contributed by atoms with E-state index in [0.717, 1.165) is 23.0 Å². The van der Waals surface area contributed by atoms with Gasteiger partial charge in [-0.2, -0.15) is 18.3 Å². The monoisotopic (exact) mass is 565 g/mol. The molecular weight excluding hydrogens is 534 g/mol. The highest BCUT2D eigenvalue weighted by Gasteiger charge is 2.37. The summed E-state index contributed by atoms with van der Waals surface area (Å²) in [6.45, 7) is 6.02. The summed E-state index contributed by atoms with van der Waals surface area (Å²) < 4.78 is 47.2. The van der Waals surface area contributed by atoms with Crippen LogP contribution in [0.5, 0.6) is 0 Å². The molecule has 6 nitrogen and oxygen atoms in total. The van der Waals surface area contributed by atoms with E-state index in [2.05, 4.69) is 20.7 Å². The van der Waals surface area contributed by atoms with Gasteiger partial charge in [-0.3, -0.25) is 9.67 Å². The molecule has 1 aliphatic rings. The van der Waals surface area contributed by atoms with Crippen LogP contribution in [0.4, 0.5) is 13.2 Å². The number of aromatic nitrogens is 2. The molecule has 1 fully saturated rings. The molecule has 0 bridgehead atoms. The molecule has 2 aromatic rings. The Kier molecular flexibility index (Phi) is 8.98. The van der Waals surface area contributed by atoms with Crippen LogP contribution < -0.4 is 10.6 Å². The Morgan fingerprint density at radius 2 is 1.91 bits per heavy atom. The largest absolute Gasteiger partial charge is 0.416 e. The SMILES string of the molecule is CN=C(NCc1c(C)nn(C)c1C)NCC1(c2cccc(C(F)(F)F)c2)CCOCC1.I. The van der Waals surface area contributed by atoms with E-state index in [9.17, 15) is 13.2 Å². The lowest BCUT2D eigenvalue weighted by molar-refractivity contribution is -0.137. The normalized spacial score (nSPS) is 16.4. The van der Waals surface area contributed by atoms with Crippen molar-refractivity contribution in [1.82, 2.24) is 20.4 Å². The average molecular weight is 565 g/mol. The molecule has 0 radical (unpaired) electrons. The summed E-state index contributed by atoms with van der Waals surface area (Å²) in [4.78, 5) is 4.29. The molecule has 32 heavy (non-hydrogen) atoms. The zero-order valence-corrected chi connectivity index (χ0v) is 21.2. The van der Waals surface area contributed by atoms with Crippen molar-refractivity contribution < 1.29 is 17.9 Å². The van der Waals surface area contributed by atoms with Crippen molar-refractivity contribution >= 4 is 29.9 Å². The topological polar surface area (TPSA) is 63.5 Å². The third-order valence-electron chi connectivity index (χ3n) is 6.16. The zero-order chi connectivity index (χ0) is 22.6. The summed E-state index contributed by atoms with van der Waals surface area (Å²) in [5, 5.41) is 11.0. The maximum Gasteiger partial charge on any atom is 0.416 e. The summed E-state index contributed by atoms with van der Waals surface area (Å²) in [6.07, 6.45) is -3.09. The van der Waals surface area contributed by atoms with Crippen molar-refractivity contribution in [3.8, 4) is 0 Å². The van der Waals surface area contributed by atoms with Gasteiger partial charge in [-0.05, 0) is 38.3 Å². The molecule has 178 valence electrons. The van der Waals surface area contributed by atoms with Crippen LogP contribution in [0.2, 0.25) is 0 Å². The first kappa shape index (κ1) is 26.4. The van der Waals surface area contributed by atoms with Gasteiger partial charge in [0.05, 0.1) is 11.3 Å². The van der Waals surface area contributed by atoms with Gasteiger partial charge in [0.25, 0.3) is 0 Å². The third-order valence-corrected chi connectivity index (χ3v) is 6.16. The predicted molar refractivity (Wildman–Crippen MR) is 129 cm³/mol. The zero-order valence-electron chi connectivity index (χ0n) is 18.8. The molecular formula is C22H31F3IN5O. The molecule has 0 amide bonds. The molecule has 10 heteroatoms. The smallest absolute Gasteiger partial charge is 0.381 e. The van der Waals surface area contributed by atoms with Crippen LogP contribution in [0.1, 0.15) is 40.9 Å². The van der Waals surface area contributed by atoms with Crippen LogP contribution in [0.25, 0.3) is 0 Å². The van der Waals surface area contributed by atoms with Gasteiger partial charge in [0, 0.05) is 57.1 Å². The fourth-order valence-electron chi connectivity index (χ4n) is 4.07. The number of hydrogen-bond acceptors (Lipinski definition) is 3. The van der Waals surface area contributed by atoms with Gasteiger partial charge in [-0.15, -0.1) is 24.0 Å². The summed E-state index contributed by atoms with van der Waals surface area (Å²) in [5.41, 5.74) is 2.72. The summed E-state index contributed by atoms with van der Waals surface area (Å²) in [5.74, 6) is 0.598. The highest BCUT2D eigenvalue weighted by atomic mass is 127. The second-order valence-electron chi connectivity index (χ2n) is 8.02. The molecule has 1 aromatic heterocycles. The summed E-state index contributed by atoms with van der Waals surface area (Å²) in [6, 6.07) is 5.64. The second-order valence-corrected chi connectivity index (χ2v) is 8.02. The number of halogens is 4. The summed E-state index contributed by atoms with van der Waals surface area (Å²) in [7, 11) is 3.59. The molecule has 0 atom stereocenters. The predicted octanol–water partition coefficient (Wildman–Crippen LogP) is 4.09. The number of nitrogens with zero attached hydrogens (tertiary/aromatic N) is 3. The molecule has 2 heterocycles. The fraction of sp³-hybridized carbons (Fsp3) is 0.545. The van der Waals surface area contributed by atoms with Crippen LogP contribution in [0.3, 0.4) is 0 Å². The molecule has 0 saturated carbocycles. The highest BCUT2D eigenvalue weighted by molar-refractivity contribution is 14.0. The quantitative estimate of drug-likeness (QED) is 0.326. The fourth-order valence-corrected chi connectivity index (χ4v) is 4.07. The first-order valence-electron chi connectivity index (χ1n) is 10.4. The number of aryl methyl sites for hydroxylation is 2. The number of hydrogen-bond donors (Lipinski definition) is 2. The Morgan fingerprint density at radius 3 is 2.47 bits per heavy atom. The molecule has 1 saturated heterocycles. The van der Waals surface area contributed by atoms with Crippen LogP contribution >= 0.6 is 24.0 Å². The molecule has 3 rings (SSSR count). The van der Waals surface area contributed by atoms with Crippen molar-refractivity contribution in [2.24, 2.45) is 12.0 Å². The number of guanidine groups is 1. The number of benzene rings is 1. The summed E-state index contributed by atoms with van der Waals surface area (Å²) >= 11 is 0. The van der Waals surface area contributed by atoms with E-state index in [1.165, 1.54) is 12.1 Å². The van der Waals surface area contributed by atoms with Gasteiger partial charge in [0.2, 0.25) is 0 Å². The van der Waals surface area contributed by atoms with Crippen LogP contribution in [0.15, 0.2) is 29.3 Å². The van der Waals surface area contributed by atoms with Gasteiger partial charge < -0.3 is 15.4 Å². The van der Waals surface area contributed by atoms with E-state index in [4.69, 9.17) is 4.74 Å². The Bertz CT molecular complexity index is 936. The van der Waals surface area contributed by atoms with E-state index in [1.807, 2.05) is 25.6 Å². The Morgan fingerprint density at radius 1 is 1.22 bits per heavy atom. The lowest BCUT2D eigenvalue weighted by Crippen LogP contribution is -2.48. The average Bonchev–Trinajstić information content (AvgIpc) is 2.99. The first-order chi connectivity index (χ1) is 14.7. The van der Waals surface area contributed by atoms with Crippen LogP contribution in [-0.2, 0) is 29.9 Å². The minimum atomic E-state index is -4.37. The molecule has 2 N–H and O–H groups in total. The van der Waals surface area contributed by atoms with E-state index in [0.29, 0.717) is 50.7 Å². The molecule has 1 aliphatic heterocycles. The van der Waals surface area contributed by atoms with Gasteiger partial charge in [-0.25, -0.2) is 0 Å². The van der Waals surface area contributed by atoms with Crippen LogP contribution in [0, 0.1) is 13.8 Å². The number of ether oxygens (including phenoxy) is 1. The van der Waals surface area contributed by atoms with Crippen LogP contribution in [-0.4, -0.2) is 42.5 Å². The first-order valence-corrected chi connectivity index (χ1v) is 10.4. The third kappa shape index (κ3) is 5.94. The van der Waals surface area contributed by atoms with Crippen molar-refractivity contribution in [2.45, 2.75) is 44.8 Å². The van der Waals surface area contributed by atoms with E-state index < -0.39 is 17.2 Å². The maximum absolute atomic E-state index is 13.3. The number of rotatable bonds is 5. The number of aliphatic imine (C=N–C) groups is 1. The Labute approximate surface area is 204 Å². The Balaban J connectivity index is 0.00000363. The van der Waals surface area contributed by atoms with Crippen molar-refractivity contribution in [2.75, 3.05) is 26.8 Å². The molecule has 0 spiro atoms. The minimum absolute atomic E-state index is 0. The molecule has 1 aromatic carbocycles. The van der Waals surface area contributed by atoms with Gasteiger partial charge >= 0.3 is 6.18 Å². The number of alkyl halides is 3. The van der Waals surface area contributed by atoms with Gasteiger partial charge in [0.15, 0.2) is 5.96 Å². The second kappa shape index (κ2) is 10.9. The maximum atomic E-state index is 13.3. The van der Waals surface area contributed by atoms with E-state index >= 15 is 0 Å². The standard InChI is InChI=1S/C22H30F3N5O.HI/c1-15-19(16(2)30(4)29-15)13-27-20(26-3)28-14-21(8-10-31-11-9-21)17-6-5-7-18(12-17)22(23,24)25;/h5-7,12H,8-11,13-14H2,1-4H3,(H2,26,27,28);1H. The Hall–Kier alpha value is -1.82. The molecule has 0 aliphatic carbocycles. The van der Waals surface area contributed by atoms with Gasteiger partial charge in [-0.1, -0.05) is 18.2 Å².